The summed E-state index contributed by atoms with van der Waals surface area (Å²) in [5.41, 5.74) is 6.49. The average Bonchev–Trinajstić information content (AvgIpc) is 2.14. The molecule has 0 aromatic carbocycles. The van der Waals surface area contributed by atoms with E-state index in [-0.39, 0.29) is 16.2 Å². The van der Waals surface area contributed by atoms with E-state index in [1.165, 1.54) is 6.07 Å². The zero-order chi connectivity index (χ0) is 11.6. The van der Waals surface area contributed by atoms with Gasteiger partial charge in [-0.1, -0.05) is 18.5 Å². The van der Waals surface area contributed by atoms with Crippen LogP contribution < -0.4 is 5.73 Å². The van der Waals surface area contributed by atoms with E-state index in [0.29, 0.717) is 12.0 Å². The number of aromatic nitrogens is 1. The standard InChI is InChI=1S/C9H13ClN2O2S/c1-3-7(11)6-4-8(10)12-9(5-6)15(2,13)14/h4-5,7H,3,11H2,1-2H3/t7-/m0/s1. The molecule has 0 unspecified atom stereocenters. The summed E-state index contributed by atoms with van der Waals surface area (Å²) in [5, 5.41) is 0.116. The third-order valence-electron chi connectivity index (χ3n) is 2.04. The van der Waals surface area contributed by atoms with E-state index < -0.39 is 9.84 Å². The predicted molar refractivity (Wildman–Crippen MR) is 59.6 cm³/mol. The number of rotatable bonds is 3. The fraction of sp³-hybridized carbons (Fsp3) is 0.444. The Morgan fingerprint density at radius 2 is 2.13 bits per heavy atom. The van der Waals surface area contributed by atoms with Crippen LogP contribution in [0.3, 0.4) is 0 Å². The molecule has 0 saturated carbocycles. The van der Waals surface area contributed by atoms with Crippen molar-refractivity contribution in [3.05, 3.63) is 22.8 Å². The molecular formula is C9H13ClN2O2S. The van der Waals surface area contributed by atoms with Gasteiger partial charge in [-0.15, -0.1) is 0 Å². The molecule has 1 aromatic heterocycles. The summed E-state index contributed by atoms with van der Waals surface area (Å²) in [6, 6.07) is 2.84. The Kier molecular flexibility index (Phi) is 3.70. The van der Waals surface area contributed by atoms with Gasteiger partial charge in [0.05, 0.1) is 0 Å². The van der Waals surface area contributed by atoms with E-state index in [2.05, 4.69) is 4.98 Å². The van der Waals surface area contributed by atoms with Crippen molar-refractivity contribution in [2.75, 3.05) is 6.26 Å². The van der Waals surface area contributed by atoms with Gasteiger partial charge in [-0.25, -0.2) is 13.4 Å². The van der Waals surface area contributed by atoms with Gasteiger partial charge >= 0.3 is 0 Å². The molecule has 0 saturated heterocycles. The molecule has 0 bridgehead atoms. The van der Waals surface area contributed by atoms with Gasteiger partial charge in [0.25, 0.3) is 0 Å². The van der Waals surface area contributed by atoms with Crippen LogP contribution in [-0.4, -0.2) is 19.7 Å². The van der Waals surface area contributed by atoms with Crippen LogP contribution in [0.25, 0.3) is 0 Å². The molecule has 84 valence electrons. The van der Waals surface area contributed by atoms with Crippen LogP contribution in [0.2, 0.25) is 5.15 Å². The van der Waals surface area contributed by atoms with Gasteiger partial charge in [0.2, 0.25) is 0 Å². The van der Waals surface area contributed by atoms with Gasteiger partial charge in [-0.2, -0.15) is 0 Å². The molecule has 0 aliphatic rings. The fourth-order valence-corrected chi connectivity index (χ4v) is 2.01. The van der Waals surface area contributed by atoms with Gasteiger partial charge < -0.3 is 5.73 Å². The van der Waals surface area contributed by atoms with Gasteiger partial charge in [0.15, 0.2) is 14.9 Å². The molecule has 2 N–H and O–H groups in total. The smallest absolute Gasteiger partial charge is 0.192 e. The topological polar surface area (TPSA) is 73.0 Å². The van der Waals surface area contributed by atoms with Crippen LogP contribution in [0.1, 0.15) is 24.9 Å². The average molecular weight is 249 g/mol. The highest BCUT2D eigenvalue weighted by atomic mass is 35.5. The normalized spacial score (nSPS) is 13.9. The highest BCUT2D eigenvalue weighted by Gasteiger charge is 2.13. The zero-order valence-corrected chi connectivity index (χ0v) is 10.1. The first-order valence-electron chi connectivity index (χ1n) is 4.47. The lowest BCUT2D eigenvalue weighted by atomic mass is 10.1. The van der Waals surface area contributed by atoms with Crippen LogP contribution in [0.4, 0.5) is 0 Å². The molecule has 0 aliphatic carbocycles. The quantitative estimate of drug-likeness (QED) is 0.824. The fourth-order valence-electron chi connectivity index (χ4n) is 1.13. The summed E-state index contributed by atoms with van der Waals surface area (Å²) in [7, 11) is -3.34. The molecular weight excluding hydrogens is 236 g/mol. The third-order valence-corrected chi connectivity index (χ3v) is 3.20. The molecule has 0 amide bonds. The van der Waals surface area contributed by atoms with Crippen LogP contribution in [-0.2, 0) is 9.84 Å². The summed E-state index contributed by atoms with van der Waals surface area (Å²) in [5.74, 6) is 0. The molecule has 4 nitrogen and oxygen atoms in total. The number of pyridine rings is 1. The maximum absolute atomic E-state index is 11.3. The molecule has 0 fully saturated rings. The van der Waals surface area contributed by atoms with Crippen molar-refractivity contribution in [2.24, 2.45) is 5.73 Å². The lowest BCUT2D eigenvalue weighted by Gasteiger charge is -2.10. The van der Waals surface area contributed by atoms with E-state index in [1.54, 1.807) is 6.07 Å². The molecule has 6 heteroatoms. The second kappa shape index (κ2) is 4.47. The van der Waals surface area contributed by atoms with Crippen LogP contribution in [0, 0.1) is 0 Å². The van der Waals surface area contributed by atoms with E-state index in [1.807, 2.05) is 6.92 Å². The Hall–Kier alpha value is -0.650. The lowest BCUT2D eigenvalue weighted by molar-refractivity contribution is 0.597. The van der Waals surface area contributed by atoms with Crippen molar-refractivity contribution < 1.29 is 8.42 Å². The van der Waals surface area contributed by atoms with Gasteiger partial charge in [0, 0.05) is 12.3 Å². The number of halogens is 1. The largest absolute Gasteiger partial charge is 0.324 e. The summed E-state index contributed by atoms with van der Waals surface area (Å²) in [4.78, 5) is 3.74. The summed E-state index contributed by atoms with van der Waals surface area (Å²) in [6.07, 6.45) is 1.80. The van der Waals surface area contributed by atoms with Crippen molar-refractivity contribution in [1.29, 1.82) is 0 Å². The summed E-state index contributed by atoms with van der Waals surface area (Å²) < 4.78 is 22.6. The van der Waals surface area contributed by atoms with Gasteiger partial charge in [0.1, 0.15) is 5.15 Å². The summed E-state index contributed by atoms with van der Waals surface area (Å²) >= 11 is 5.73. The van der Waals surface area contributed by atoms with Crippen molar-refractivity contribution in [3.8, 4) is 0 Å². The number of hydrogen-bond donors (Lipinski definition) is 1. The number of hydrogen-bond acceptors (Lipinski definition) is 4. The predicted octanol–water partition coefficient (Wildman–Crippen LogP) is 1.55. The van der Waals surface area contributed by atoms with E-state index in [0.717, 1.165) is 6.26 Å². The molecule has 1 aromatic rings. The third kappa shape index (κ3) is 3.15. The van der Waals surface area contributed by atoms with Crippen molar-refractivity contribution in [1.82, 2.24) is 4.98 Å². The zero-order valence-electron chi connectivity index (χ0n) is 8.57. The molecule has 1 atom stereocenters. The second-order valence-corrected chi connectivity index (χ2v) is 5.70. The first-order valence-corrected chi connectivity index (χ1v) is 6.74. The van der Waals surface area contributed by atoms with Crippen LogP contribution in [0.5, 0.6) is 0 Å². The van der Waals surface area contributed by atoms with E-state index in [9.17, 15) is 8.42 Å². The number of nitrogens with zero attached hydrogens (tertiary/aromatic N) is 1. The summed E-state index contributed by atoms with van der Waals surface area (Å²) in [6.45, 7) is 1.92. The molecule has 0 spiro atoms. The Labute approximate surface area is 94.4 Å². The SMILES string of the molecule is CC[C@H](N)c1cc(Cl)nc(S(C)(=O)=O)c1. The Morgan fingerprint density at radius 3 is 2.60 bits per heavy atom. The first-order chi connectivity index (χ1) is 6.84. The van der Waals surface area contributed by atoms with E-state index in [4.69, 9.17) is 17.3 Å². The molecule has 15 heavy (non-hydrogen) atoms. The van der Waals surface area contributed by atoms with Gasteiger partial charge in [-0.3, -0.25) is 0 Å². The first kappa shape index (κ1) is 12.4. The Morgan fingerprint density at radius 1 is 1.53 bits per heavy atom. The van der Waals surface area contributed by atoms with Crippen molar-refractivity contribution in [3.63, 3.8) is 0 Å². The molecule has 0 radical (unpaired) electrons. The molecule has 1 rings (SSSR count). The van der Waals surface area contributed by atoms with Gasteiger partial charge in [-0.05, 0) is 24.1 Å². The monoisotopic (exact) mass is 248 g/mol. The van der Waals surface area contributed by atoms with Crippen LogP contribution >= 0.6 is 11.6 Å². The van der Waals surface area contributed by atoms with Crippen LogP contribution in [0.15, 0.2) is 17.2 Å². The number of sulfone groups is 1. The van der Waals surface area contributed by atoms with E-state index >= 15 is 0 Å². The maximum Gasteiger partial charge on any atom is 0.192 e. The number of nitrogens with two attached hydrogens (primary N) is 1. The Bertz CT molecular complexity index is 459. The van der Waals surface area contributed by atoms with Crippen molar-refractivity contribution >= 4 is 21.4 Å². The minimum Gasteiger partial charge on any atom is -0.324 e. The highest BCUT2D eigenvalue weighted by molar-refractivity contribution is 7.90. The lowest BCUT2D eigenvalue weighted by Crippen LogP contribution is -2.11. The molecule has 0 aliphatic heterocycles. The Balaban J connectivity index is 3.29. The second-order valence-electron chi connectivity index (χ2n) is 3.35. The highest BCUT2D eigenvalue weighted by Crippen LogP contribution is 2.20. The minimum absolute atomic E-state index is 0.0334. The molecule has 1 heterocycles. The maximum atomic E-state index is 11.3. The van der Waals surface area contributed by atoms with Crippen molar-refractivity contribution in [2.45, 2.75) is 24.4 Å². The minimum atomic E-state index is -3.34.